The minimum atomic E-state index is 0.357. The summed E-state index contributed by atoms with van der Waals surface area (Å²) in [6.45, 7) is 9.14. The molecular weight excluding hydrogens is 216 g/mol. The van der Waals surface area contributed by atoms with Crippen molar-refractivity contribution >= 4 is 11.6 Å². The van der Waals surface area contributed by atoms with Crippen LogP contribution in [0.5, 0.6) is 0 Å². The molecular formula is C15H25Cl. The van der Waals surface area contributed by atoms with Crippen molar-refractivity contribution in [2.45, 2.75) is 66.2 Å². The van der Waals surface area contributed by atoms with Gasteiger partial charge in [0.1, 0.15) is 0 Å². The second-order valence-electron chi connectivity index (χ2n) is 5.62. The summed E-state index contributed by atoms with van der Waals surface area (Å²) in [4.78, 5) is 0. The van der Waals surface area contributed by atoms with Crippen molar-refractivity contribution in [3.8, 4) is 0 Å². The Morgan fingerprint density at radius 2 is 1.94 bits per heavy atom. The van der Waals surface area contributed by atoms with E-state index in [1.807, 2.05) is 0 Å². The summed E-state index contributed by atoms with van der Waals surface area (Å²) >= 11 is 6.37. The molecule has 0 spiro atoms. The Balaban J connectivity index is 2.98. The van der Waals surface area contributed by atoms with Gasteiger partial charge < -0.3 is 0 Å². The Morgan fingerprint density at radius 1 is 1.25 bits per heavy atom. The van der Waals surface area contributed by atoms with Crippen LogP contribution >= 0.6 is 11.6 Å². The van der Waals surface area contributed by atoms with Crippen molar-refractivity contribution < 1.29 is 0 Å². The Morgan fingerprint density at radius 3 is 2.50 bits per heavy atom. The van der Waals surface area contributed by atoms with Gasteiger partial charge in [-0.2, -0.15) is 0 Å². The molecule has 0 amide bonds. The van der Waals surface area contributed by atoms with Gasteiger partial charge in [-0.15, -0.1) is 0 Å². The van der Waals surface area contributed by atoms with Gasteiger partial charge in [-0.1, -0.05) is 44.9 Å². The average Bonchev–Trinajstić information content (AvgIpc) is 2.25. The summed E-state index contributed by atoms with van der Waals surface area (Å²) < 4.78 is 0. The third-order valence-electron chi connectivity index (χ3n) is 3.57. The van der Waals surface area contributed by atoms with Gasteiger partial charge in [0.05, 0.1) is 0 Å². The highest BCUT2D eigenvalue weighted by Gasteiger charge is 2.20. The van der Waals surface area contributed by atoms with E-state index >= 15 is 0 Å². The summed E-state index contributed by atoms with van der Waals surface area (Å²) in [5, 5.41) is 1.04. The smallest absolute Gasteiger partial charge is 0.0189 e. The van der Waals surface area contributed by atoms with Crippen LogP contribution in [0.1, 0.15) is 66.2 Å². The van der Waals surface area contributed by atoms with Gasteiger partial charge in [-0.3, -0.25) is 0 Å². The van der Waals surface area contributed by atoms with Crippen molar-refractivity contribution in [1.82, 2.24) is 0 Å². The predicted molar refractivity (Wildman–Crippen MR) is 73.8 cm³/mol. The molecule has 1 aliphatic rings. The molecule has 92 valence electrons. The number of halogens is 1. The average molecular weight is 241 g/mol. The molecule has 0 fully saturated rings. The molecule has 0 bridgehead atoms. The summed E-state index contributed by atoms with van der Waals surface area (Å²) in [6.07, 6.45) is 9.37. The molecule has 0 nitrogen and oxygen atoms in total. The topological polar surface area (TPSA) is 0 Å². The van der Waals surface area contributed by atoms with E-state index in [9.17, 15) is 0 Å². The van der Waals surface area contributed by atoms with Crippen LogP contribution < -0.4 is 0 Å². The maximum absolute atomic E-state index is 6.37. The highest BCUT2D eigenvalue weighted by molar-refractivity contribution is 6.29. The summed E-state index contributed by atoms with van der Waals surface area (Å²) in [7, 11) is 0. The Kier molecular flexibility index (Phi) is 5.11. The van der Waals surface area contributed by atoms with E-state index in [-0.39, 0.29) is 0 Å². The lowest BCUT2D eigenvalue weighted by Gasteiger charge is -2.23. The number of rotatable bonds is 2. The zero-order chi connectivity index (χ0) is 12.2. The lowest BCUT2D eigenvalue weighted by molar-refractivity contribution is 0.327. The maximum atomic E-state index is 6.37. The molecule has 0 saturated carbocycles. The first-order valence-corrected chi connectivity index (χ1v) is 6.93. The molecule has 0 atom stereocenters. The summed E-state index contributed by atoms with van der Waals surface area (Å²) in [6, 6.07) is 0. The molecule has 1 rings (SSSR count). The van der Waals surface area contributed by atoms with Crippen LogP contribution in [0.15, 0.2) is 22.3 Å². The van der Waals surface area contributed by atoms with Crippen molar-refractivity contribution in [2.75, 3.05) is 0 Å². The fourth-order valence-electron chi connectivity index (χ4n) is 2.58. The van der Waals surface area contributed by atoms with E-state index in [0.717, 1.165) is 17.9 Å². The standard InChI is InChI=1S/C15H25Cl/c1-5-12-8-7-9-15(3,4)11-14(16)10-13(12)6-2/h10H,5-9,11H2,1-4H3/b13-12-,14-10+. The Hall–Kier alpha value is -0.230. The van der Waals surface area contributed by atoms with Gasteiger partial charge in [0.2, 0.25) is 0 Å². The zero-order valence-electron chi connectivity index (χ0n) is 11.2. The molecule has 0 unspecified atom stereocenters. The predicted octanol–water partition coefficient (Wildman–Crippen LogP) is 5.83. The Labute approximate surface area is 106 Å². The molecule has 0 radical (unpaired) electrons. The van der Waals surface area contributed by atoms with E-state index in [4.69, 9.17) is 11.6 Å². The second kappa shape index (κ2) is 5.91. The molecule has 0 saturated heterocycles. The second-order valence-corrected chi connectivity index (χ2v) is 6.11. The van der Waals surface area contributed by atoms with E-state index < -0.39 is 0 Å². The SMILES string of the molecule is CCC1=C(\CC)CCCC(C)(C)C/C(Cl)=C\1. The van der Waals surface area contributed by atoms with Gasteiger partial charge in [0.15, 0.2) is 0 Å². The first-order valence-electron chi connectivity index (χ1n) is 6.55. The number of hydrogen-bond acceptors (Lipinski definition) is 0. The summed E-state index contributed by atoms with van der Waals surface area (Å²) in [5.74, 6) is 0. The van der Waals surface area contributed by atoms with Gasteiger partial charge >= 0.3 is 0 Å². The monoisotopic (exact) mass is 240 g/mol. The third-order valence-corrected chi connectivity index (χ3v) is 3.81. The zero-order valence-corrected chi connectivity index (χ0v) is 12.0. The molecule has 1 heteroatoms. The van der Waals surface area contributed by atoms with Gasteiger partial charge in [0, 0.05) is 5.03 Å². The maximum Gasteiger partial charge on any atom is 0.0189 e. The van der Waals surface area contributed by atoms with Gasteiger partial charge in [-0.25, -0.2) is 0 Å². The van der Waals surface area contributed by atoms with Crippen LogP contribution in [-0.4, -0.2) is 0 Å². The van der Waals surface area contributed by atoms with Crippen molar-refractivity contribution in [3.05, 3.63) is 22.3 Å². The van der Waals surface area contributed by atoms with E-state index in [0.29, 0.717) is 5.41 Å². The molecule has 16 heavy (non-hydrogen) atoms. The van der Waals surface area contributed by atoms with Gasteiger partial charge in [0.25, 0.3) is 0 Å². The first kappa shape index (κ1) is 13.8. The van der Waals surface area contributed by atoms with E-state index in [1.54, 1.807) is 5.57 Å². The largest absolute Gasteiger partial charge is 0.0891 e. The summed E-state index contributed by atoms with van der Waals surface area (Å²) in [5.41, 5.74) is 3.44. The third kappa shape index (κ3) is 3.97. The van der Waals surface area contributed by atoms with E-state index in [2.05, 4.69) is 33.8 Å². The fraction of sp³-hybridized carbons (Fsp3) is 0.733. The number of hydrogen-bond donors (Lipinski definition) is 0. The minimum absolute atomic E-state index is 0.357. The molecule has 1 aliphatic carbocycles. The van der Waals surface area contributed by atoms with Crippen LogP contribution in [0, 0.1) is 5.41 Å². The van der Waals surface area contributed by atoms with Crippen LogP contribution in [0.4, 0.5) is 0 Å². The molecule has 0 aromatic heterocycles. The van der Waals surface area contributed by atoms with Crippen LogP contribution in [0.2, 0.25) is 0 Å². The van der Waals surface area contributed by atoms with Crippen molar-refractivity contribution in [2.24, 2.45) is 5.41 Å². The molecule has 0 N–H and O–H groups in total. The van der Waals surface area contributed by atoms with Crippen LogP contribution in [0.25, 0.3) is 0 Å². The molecule has 0 heterocycles. The quantitative estimate of drug-likeness (QED) is 0.570. The highest BCUT2D eigenvalue weighted by atomic mass is 35.5. The van der Waals surface area contributed by atoms with Crippen molar-refractivity contribution in [1.29, 1.82) is 0 Å². The first-order chi connectivity index (χ1) is 7.48. The molecule has 0 aromatic carbocycles. The minimum Gasteiger partial charge on any atom is -0.0891 e. The molecule has 0 aromatic rings. The van der Waals surface area contributed by atoms with Crippen LogP contribution in [0.3, 0.4) is 0 Å². The fourth-order valence-corrected chi connectivity index (χ4v) is 3.08. The lowest BCUT2D eigenvalue weighted by atomic mass is 9.83. The Bertz CT molecular complexity index is 295. The van der Waals surface area contributed by atoms with Gasteiger partial charge in [-0.05, 0) is 55.6 Å². The normalized spacial score (nSPS) is 29.9. The highest BCUT2D eigenvalue weighted by Crippen LogP contribution is 2.36. The van der Waals surface area contributed by atoms with E-state index in [1.165, 1.54) is 31.3 Å². The lowest BCUT2D eigenvalue weighted by Crippen LogP contribution is -2.10. The van der Waals surface area contributed by atoms with Crippen molar-refractivity contribution in [3.63, 3.8) is 0 Å². The number of allylic oxidation sites excluding steroid dienone is 4. The molecule has 0 aliphatic heterocycles. The van der Waals surface area contributed by atoms with Crippen LogP contribution in [-0.2, 0) is 0 Å².